The molecule has 0 unspecified atom stereocenters. The zero-order valence-corrected chi connectivity index (χ0v) is 75.6. The average molecular weight is 1410 g/mol. The summed E-state index contributed by atoms with van der Waals surface area (Å²) in [5.74, 6) is 0. The van der Waals surface area contributed by atoms with Crippen molar-refractivity contribution in [3.63, 3.8) is 0 Å². The van der Waals surface area contributed by atoms with Crippen LogP contribution in [0.4, 0.5) is 0 Å². The summed E-state index contributed by atoms with van der Waals surface area (Å²) in [6.07, 6.45) is 12.5. The maximum Gasteiger partial charge on any atom is 0.469 e. The minimum absolute atomic E-state index is 0.717. The molecule has 80 heavy (non-hydrogen) atoms. The predicted molar refractivity (Wildman–Crippen MR) is 389 cm³/mol. The zero-order valence-electron chi connectivity index (χ0n) is 59.6. The molecule has 0 fully saturated rings. The third kappa shape index (κ3) is 41.3. The molecule has 0 radical (unpaired) electrons. The Bertz CT molecular complexity index is 1610. The van der Waals surface area contributed by atoms with Gasteiger partial charge in [0.05, 0.1) is 0 Å². The molecule has 0 rings (SSSR count). The van der Waals surface area contributed by atoms with Crippen molar-refractivity contribution in [2.75, 3.05) is 0 Å². The van der Waals surface area contributed by atoms with E-state index in [9.17, 15) is 0 Å². The average Bonchev–Trinajstić information content (AvgIpc) is 3.12. The van der Waals surface area contributed by atoms with Crippen LogP contribution in [0.15, 0.2) is 0 Å². The molecule has 0 aromatic rings. The van der Waals surface area contributed by atoms with Crippen molar-refractivity contribution < 1.29 is 49.4 Å². The molecule has 0 N–H and O–H groups in total. The monoisotopic (exact) mass is 1400 g/mol. The second-order valence-corrected chi connectivity index (χ2v) is 100. The third-order valence-corrected chi connectivity index (χ3v) is 67.8. The molecular formula is C52H138O12Si16. The first-order valence-electron chi connectivity index (χ1n) is 31.6. The lowest BCUT2D eigenvalue weighted by molar-refractivity contribution is 0.241. The highest BCUT2D eigenvalue weighted by Gasteiger charge is 2.58. The molecule has 0 saturated carbocycles. The predicted octanol–water partition coefficient (Wildman–Crippen LogP) is 20.4. The molecule has 482 valence electrons. The van der Waals surface area contributed by atoms with Gasteiger partial charge in [0.25, 0.3) is 0 Å². The van der Waals surface area contributed by atoms with Gasteiger partial charge in [-0.25, -0.2) is 0 Å². The largest absolute Gasteiger partial charge is 0.469 e. The normalized spacial score (nSPS) is 15.4. The maximum absolute atomic E-state index is 7.87. The molecule has 12 nitrogen and oxygen atoms in total. The summed E-state index contributed by atoms with van der Waals surface area (Å²) in [6.45, 7) is 78.7. The van der Waals surface area contributed by atoms with Gasteiger partial charge in [0, 0.05) is 24.7 Å². The summed E-state index contributed by atoms with van der Waals surface area (Å²) in [4.78, 5) is 0. The van der Waals surface area contributed by atoms with Crippen LogP contribution in [0.1, 0.15) is 78.1 Å². The van der Waals surface area contributed by atoms with E-state index in [1.807, 2.05) is 0 Å². The van der Waals surface area contributed by atoms with Gasteiger partial charge in [0.2, 0.25) is 0 Å². The molecule has 0 aromatic carbocycles. The van der Waals surface area contributed by atoms with E-state index in [-0.39, 0.29) is 0 Å². The Balaban J connectivity index is 7.99. The highest BCUT2D eigenvalue weighted by Crippen LogP contribution is 2.40. The standard InChI is InChI=1S/C52H138O12Si16/c1-35-37-39-41-43-45-72(24,25)63-79(56-68(12,13)14,57-69(15,16)17)51-48-75(30,31)61-77(34,60-74(28,29)47-50-78(53-65(3,4)5,54-66(6,7)8)55-67(9,10)11)62-76(32,33)49-52-80(58-70(18,19)20,59-71(21,22)23)64-73(26,27)46-44-42-40-38-36-2/h35-52H2,1-34H3. The molecule has 0 atom stereocenters. The van der Waals surface area contributed by atoms with Crippen molar-refractivity contribution in [2.24, 2.45) is 0 Å². The van der Waals surface area contributed by atoms with Crippen LogP contribution in [0.3, 0.4) is 0 Å². The van der Waals surface area contributed by atoms with E-state index in [4.69, 9.17) is 49.4 Å². The Kier molecular flexibility index (Phi) is 33.5. The summed E-state index contributed by atoms with van der Waals surface area (Å²) in [6, 6.07) is 6.84. The van der Waals surface area contributed by atoms with E-state index in [1.54, 1.807) is 0 Å². The molecule has 0 aliphatic rings. The minimum Gasteiger partial charge on any atom is -0.417 e. The maximum atomic E-state index is 7.87. The third-order valence-electron chi connectivity index (χ3n) is 12.3. The van der Waals surface area contributed by atoms with Gasteiger partial charge < -0.3 is 49.4 Å². The zero-order chi connectivity index (χ0) is 63.2. The quantitative estimate of drug-likeness (QED) is 0.0428. The topological polar surface area (TPSA) is 111 Å². The van der Waals surface area contributed by atoms with Gasteiger partial charge in [-0.15, -0.1) is 0 Å². The van der Waals surface area contributed by atoms with E-state index in [1.165, 1.54) is 64.2 Å². The van der Waals surface area contributed by atoms with Crippen LogP contribution in [-0.4, -0.2) is 135 Å². The smallest absolute Gasteiger partial charge is 0.417 e. The van der Waals surface area contributed by atoms with E-state index in [2.05, 4.69) is 223 Å². The number of rotatable bonds is 45. The second kappa shape index (κ2) is 32.3. The van der Waals surface area contributed by atoms with Crippen LogP contribution in [0.2, 0.25) is 258 Å². The molecular weight excluding hydrogens is 1270 g/mol. The van der Waals surface area contributed by atoms with Gasteiger partial charge in [0.15, 0.2) is 99.8 Å². The van der Waals surface area contributed by atoms with Crippen molar-refractivity contribution in [3.8, 4) is 0 Å². The lowest BCUT2D eigenvalue weighted by atomic mass is 10.2. The molecule has 0 saturated heterocycles. The highest BCUT2D eigenvalue weighted by atomic mass is 28.5. The summed E-state index contributed by atoms with van der Waals surface area (Å²) in [5.41, 5.74) is 0. The number of unbranched alkanes of at least 4 members (excludes halogenated alkanes) is 8. The summed E-state index contributed by atoms with van der Waals surface area (Å²) < 4.78 is 90.3. The van der Waals surface area contributed by atoms with Gasteiger partial charge in [-0.1, -0.05) is 78.1 Å². The Hall–Kier alpha value is 2.99. The molecule has 0 aliphatic heterocycles. The van der Waals surface area contributed by atoms with Gasteiger partial charge >= 0.3 is 35.2 Å². The van der Waals surface area contributed by atoms with Crippen molar-refractivity contribution in [1.29, 1.82) is 0 Å². The van der Waals surface area contributed by atoms with E-state index in [0.29, 0.717) is 0 Å². The Labute approximate surface area is 516 Å². The van der Waals surface area contributed by atoms with Crippen LogP contribution >= 0.6 is 0 Å². The highest BCUT2D eigenvalue weighted by molar-refractivity contribution is 6.95. The Morgan fingerprint density at radius 1 is 0.175 bits per heavy atom. The fraction of sp³-hybridized carbons (Fsp3) is 1.00. The molecule has 0 amide bonds. The first-order chi connectivity index (χ1) is 35.2. The van der Waals surface area contributed by atoms with Gasteiger partial charge in [0.1, 0.15) is 0 Å². The van der Waals surface area contributed by atoms with Crippen molar-refractivity contribution in [2.45, 2.75) is 336 Å². The first-order valence-corrected chi connectivity index (χ1v) is 79.1. The molecule has 0 aromatic heterocycles. The van der Waals surface area contributed by atoms with E-state index < -0.39 is 135 Å². The molecule has 0 bridgehead atoms. The van der Waals surface area contributed by atoms with Crippen LogP contribution in [0.25, 0.3) is 0 Å². The van der Waals surface area contributed by atoms with Gasteiger partial charge in [-0.3, -0.25) is 0 Å². The van der Waals surface area contributed by atoms with Gasteiger partial charge in [-0.2, -0.15) is 0 Å². The van der Waals surface area contributed by atoms with Crippen LogP contribution in [0, 0.1) is 0 Å². The molecule has 0 heterocycles. The Morgan fingerprint density at radius 3 is 0.537 bits per heavy atom. The Morgan fingerprint density at radius 2 is 0.350 bits per heavy atom. The van der Waals surface area contributed by atoms with Gasteiger partial charge in [-0.05, 0) is 233 Å². The van der Waals surface area contributed by atoms with E-state index >= 15 is 0 Å². The van der Waals surface area contributed by atoms with E-state index in [0.717, 1.165) is 48.4 Å². The van der Waals surface area contributed by atoms with Crippen molar-refractivity contribution in [3.05, 3.63) is 0 Å². The van der Waals surface area contributed by atoms with Crippen LogP contribution in [0.5, 0.6) is 0 Å². The number of hydrogen-bond acceptors (Lipinski definition) is 12. The SMILES string of the molecule is CCCCCCC[Si](C)(C)O[Si](CC[Si](C)(C)O[Si](C)(O[Si](C)(C)CC[Si](O[Si](C)(C)C)(O[Si](C)(C)C)O[Si](C)(C)C)O[Si](C)(C)CC[Si](O[Si](C)(C)C)(O[Si](C)(C)C)O[Si](C)(C)CCCCCCC)(O[Si](C)(C)C)O[Si](C)(C)C. The first kappa shape index (κ1) is 83.0. The van der Waals surface area contributed by atoms with Crippen molar-refractivity contribution >= 4 is 135 Å². The van der Waals surface area contributed by atoms with Crippen molar-refractivity contribution in [1.82, 2.24) is 0 Å². The fourth-order valence-corrected chi connectivity index (χ4v) is 80.5. The lowest BCUT2D eigenvalue weighted by Gasteiger charge is -2.47. The van der Waals surface area contributed by atoms with Crippen LogP contribution < -0.4 is 0 Å². The molecule has 0 spiro atoms. The summed E-state index contributed by atoms with van der Waals surface area (Å²) in [7, 11) is -40.3. The fourth-order valence-electron chi connectivity index (χ4n) is 10.2. The number of hydrogen-bond donors (Lipinski definition) is 0. The van der Waals surface area contributed by atoms with Crippen LogP contribution in [-0.2, 0) is 49.4 Å². The lowest BCUT2D eigenvalue weighted by Crippen LogP contribution is -2.64. The molecule has 0 aliphatic carbocycles. The minimum atomic E-state index is -3.48. The summed E-state index contributed by atoms with van der Waals surface area (Å²) >= 11 is 0. The molecule has 28 heteroatoms. The second-order valence-electron chi connectivity index (χ2n) is 33.5. The summed E-state index contributed by atoms with van der Waals surface area (Å²) in [5, 5.41) is 0.